The molecule has 1 nitrogen and oxygen atoms in total. The molecule has 1 heterocycles. The van der Waals surface area contributed by atoms with Crippen molar-refractivity contribution in [1.29, 1.82) is 0 Å². The largest absolute Gasteiger partial charge is 0.354 e. The van der Waals surface area contributed by atoms with E-state index >= 15 is 0 Å². The van der Waals surface area contributed by atoms with Crippen LogP contribution < -0.4 is 0 Å². The van der Waals surface area contributed by atoms with E-state index in [0.29, 0.717) is 0 Å². The minimum atomic E-state index is 0.0902. The molecule has 1 aromatic heterocycles. The summed E-state index contributed by atoms with van der Waals surface area (Å²) in [5, 5.41) is 2.60. The second-order valence-corrected chi connectivity index (χ2v) is 9.00. The van der Waals surface area contributed by atoms with Crippen LogP contribution in [0, 0.1) is 0 Å². The van der Waals surface area contributed by atoms with Crippen molar-refractivity contribution in [1.82, 2.24) is 4.98 Å². The SMILES string of the molecule is CC(C)(C)c1cc2c([nH]c3ccccc32)c(Br)c1C(C)(C)C. The third-order valence-corrected chi connectivity index (χ3v) is 5.09. The first-order valence-electron chi connectivity index (χ1n) is 7.84. The Bertz CT molecular complexity index is 857. The second-order valence-electron chi connectivity index (χ2n) is 8.21. The zero-order valence-corrected chi connectivity index (χ0v) is 15.9. The minimum Gasteiger partial charge on any atom is -0.354 e. The molecule has 0 bridgehead atoms. The Morgan fingerprint density at radius 1 is 0.864 bits per heavy atom. The molecule has 0 saturated carbocycles. The number of hydrogen-bond acceptors (Lipinski definition) is 0. The fourth-order valence-corrected chi connectivity index (χ4v) is 4.39. The van der Waals surface area contributed by atoms with Crippen molar-refractivity contribution in [2.45, 2.75) is 52.4 Å². The van der Waals surface area contributed by atoms with Crippen LogP contribution in [0.2, 0.25) is 0 Å². The highest BCUT2D eigenvalue weighted by molar-refractivity contribution is 9.10. The van der Waals surface area contributed by atoms with Gasteiger partial charge in [-0.05, 0) is 50.0 Å². The molecule has 0 aliphatic rings. The van der Waals surface area contributed by atoms with E-state index in [2.05, 4.69) is 92.8 Å². The molecule has 0 saturated heterocycles. The maximum Gasteiger partial charge on any atom is 0.0612 e. The highest BCUT2D eigenvalue weighted by Crippen LogP contribution is 2.44. The second kappa shape index (κ2) is 4.86. The number of H-pyrrole nitrogens is 1. The van der Waals surface area contributed by atoms with Crippen molar-refractivity contribution >= 4 is 37.7 Å². The van der Waals surface area contributed by atoms with Crippen molar-refractivity contribution in [3.05, 3.63) is 45.9 Å². The zero-order chi connectivity index (χ0) is 16.3. The van der Waals surface area contributed by atoms with Crippen molar-refractivity contribution in [2.24, 2.45) is 0 Å². The maximum absolute atomic E-state index is 3.91. The molecule has 0 amide bonds. The van der Waals surface area contributed by atoms with Crippen LogP contribution in [0.3, 0.4) is 0 Å². The Morgan fingerprint density at radius 3 is 2.09 bits per heavy atom. The van der Waals surface area contributed by atoms with Crippen LogP contribution in [0.25, 0.3) is 21.8 Å². The van der Waals surface area contributed by atoms with E-state index in [4.69, 9.17) is 0 Å². The van der Waals surface area contributed by atoms with Gasteiger partial charge in [0.25, 0.3) is 0 Å². The highest BCUT2D eigenvalue weighted by atomic mass is 79.9. The Balaban J connectivity index is 2.53. The number of para-hydroxylation sites is 1. The van der Waals surface area contributed by atoms with E-state index < -0.39 is 0 Å². The normalized spacial score (nSPS) is 13.2. The highest BCUT2D eigenvalue weighted by Gasteiger charge is 2.29. The zero-order valence-electron chi connectivity index (χ0n) is 14.3. The van der Waals surface area contributed by atoms with Crippen molar-refractivity contribution in [3.8, 4) is 0 Å². The third-order valence-electron chi connectivity index (χ3n) is 4.30. The van der Waals surface area contributed by atoms with Gasteiger partial charge in [-0.3, -0.25) is 0 Å². The maximum atomic E-state index is 3.91. The Hall–Kier alpha value is -1.28. The number of benzene rings is 2. The van der Waals surface area contributed by atoms with Crippen molar-refractivity contribution in [3.63, 3.8) is 0 Å². The average Bonchev–Trinajstić information content (AvgIpc) is 2.75. The van der Waals surface area contributed by atoms with Gasteiger partial charge in [0.2, 0.25) is 0 Å². The lowest BCUT2D eigenvalue weighted by molar-refractivity contribution is 0.529. The Kier molecular flexibility index (Phi) is 3.45. The van der Waals surface area contributed by atoms with Crippen LogP contribution in [0.1, 0.15) is 52.7 Å². The summed E-state index contributed by atoms with van der Waals surface area (Å²) >= 11 is 3.91. The summed E-state index contributed by atoms with van der Waals surface area (Å²) in [6, 6.07) is 10.9. The number of aromatic amines is 1. The number of nitrogens with one attached hydrogen (secondary N) is 1. The Morgan fingerprint density at radius 2 is 1.50 bits per heavy atom. The summed E-state index contributed by atoms with van der Waals surface area (Å²) in [7, 11) is 0. The number of fused-ring (bicyclic) bond motifs is 3. The van der Waals surface area contributed by atoms with E-state index in [1.165, 1.54) is 37.4 Å². The van der Waals surface area contributed by atoms with Crippen molar-refractivity contribution in [2.75, 3.05) is 0 Å². The molecule has 0 aliphatic carbocycles. The quantitative estimate of drug-likeness (QED) is 0.461. The van der Waals surface area contributed by atoms with Gasteiger partial charge in [-0.2, -0.15) is 0 Å². The lowest BCUT2D eigenvalue weighted by atomic mass is 9.74. The molecule has 0 aliphatic heterocycles. The third kappa shape index (κ3) is 2.38. The van der Waals surface area contributed by atoms with Gasteiger partial charge < -0.3 is 4.98 Å². The van der Waals surface area contributed by atoms with Gasteiger partial charge in [-0.25, -0.2) is 0 Å². The molecule has 2 aromatic carbocycles. The van der Waals surface area contributed by atoms with E-state index in [1.54, 1.807) is 0 Å². The summed E-state index contributed by atoms with van der Waals surface area (Å²) in [5.41, 5.74) is 5.43. The molecular formula is C20H24BrN. The predicted octanol–water partition coefficient (Wildman–Crippen LogP) is 6.68. The predicted molar refractivity (Wildman–Crippen MR) is 101 cm³/mol. The molecule has 1 N–H and O–H groups in total. The standard InChI is InChI=1S/C20H24BrN/c1-19(2,3)14-11-13-12-9-7-8-10-15(12)22-18(13)17(21)16(14)20(4,5)6/h7-11,22H,1-6H3. The van der Waals surface area contributed by atoms with E-state index in [9.17, 15) is 0 Å². The van der Waals surface area contributed by atoms with Crippen LogP contribution >= 0.6 is 15.9 Å². The molecule has 0 fully saturated rings. The van der Waals surface area contributed by atoms with Crippen molar-refractivity contribution < 1.29 is 0 Å². The number of rotatable bonds is 0. The van der Waals surface area contributed by atoms with Gasteiger partial charge in [0, 0.05) is 20.8 Å². The number of hydrogen-bond donors (Lipinski definition) is 1. The monoisotopic (exact) mass is 357 g/mol. The van der Waals surface area contributed by atoms with E-state index in [0.717, 1.165) is 0 Å². The van der Waals surface area contributed by atoms with Crippen LogP contribution in [0.5, 0.6) is 0 Å². The molecule has 3 aromatic rings. The van der Waals surface area contributed by atoms with E-state index in [1.807, 2.05) is 0 Å². The van der Waals surface area contributed by atoms with Gasteiger partial charge in [-0.1, -0.05) is 59.7 Å². The molecule has 0 spiro atoms. The fourth-order valence-electron chi connectivity index (χ4n) is 3.27. The van der Waals surface area contributed by atoms with Crippen LogP contribution in [0.15, 0.2) is 34.8 Å². The molecule has 0 radical (unpaired) electrons. The van der Waals surface area contributed by atoms with Crippen LogP contribution in [-0.4, -0.2) is 4.98 Å². The summed E-state index contributed by atoms with van der Waals surface area (Å²) in [6.45, 7) is 13.8. The summed E-state index contributed by atoms with van der Waals surface area (Å²) < 4.78 is 1.21. The van der Waals surface area contributed by atoms with Gasteiger partial charge in [0.15, 0.2) is 0 Å². The molecule has 22 heavy (non-hydrogen) atoms. The molecular weight excluding hydrogens is 334 g/mol. The van der Waals surface area contributed by atoms with E-state index in [-0.39, 0.29) is 10.8 Å². The average molecular weight is 358 g/mol. The van der Waals surface area contributed by atoms with Gasteiger partial charge in [-0.15, -0.1) is 0 Å². The molecule has 0 unspecified atom stereocenters. The van der Waals surface area contributed by atoms with Gasteiger partial charge in [0.1, 0.15) is 0 Å². The molecule has 116 valence electrons. The van der Waals surface area contributed by atoms with Crippen LogP contribution in [0.4, 0.5) is 0 Å². The molecule has 0 atom stereocenters. The van der Waals surface area contributed by atoms with Gasteiger partial charge >= 0.3 is 0 Å². The summed E-state index contributed by atoms with van der Waals surface area (Å²) in [4.78, 5) is 3.59. The molecule has 2 heteroatoms. The molecule has 3 rings (SSSR count). The minimum absolute atomic E-state index is 0.0902. The lowest BCUT2D eigenvalue weighted by Crippen LogP contribution is -2.22. The van der Waals surface area contributed by atoms with Gasteiger partial charge in [0.05, 0.1) is 5.52 Å². The number of aromatic nitrogens is 1. The smallest absolute Gasteiger partial charge is 0.0612 e. The lowest BCUT2D eigenvalue weighted by Gasteiger charge is -2.31. The first-order valence-corrected chi connectivity index (χ1v) is 8.64. The first kappa shape index (κ1) is 15.6. The van der Waals surface area contributed by atoms with Crippen LogP contribution in [-0.2, 0) is 10.8 Å². The topological polar surface area (TPSA) is 15.8 Å². The first-order chi connectivity index (χ1) is 10.1. The number of halogens is 1. The fraction of sp³-hybridized carbons (Fsp3) is 0.400. The Labute approximate surface area is 141 Å². The summed E-state index contributed by atoms with van der Waals surface area (Å²) in [5.74, 6) is 0. The summed E-state index contributed by atoms with van der Waals surface area (Å²) in [6.07, 6.45) is 0.